The zero-order valence-corrected chi connectivity index (χ0v) is 23.2. The molecule has 0 amide bonds. The van der Waals surface area contributed by atoms with Crippen LogP contribution >= 0.6 is 0 Å². The van der Waals surface area contributed by atoms with Crippen molar-refractivity contribution in [3.05, 3.63) is 83.6 Å². The van der Waals surface area contributed by atoms with Gasteiger partial charge in [-0.3, -0.25) is 0 Å². The van der Waals surface area contributed by atoms with E-state index >= 15 is 0 Å². The molecule has 8 rings (SSSR count). The van der Waals surface area contributed by atoms with Crippen LogP contribution < -0.4 is 4.57 Å². The standard InChI is InChI=1S/C36H35N2/c1-21-24-14-8-9-15-25(24)30(22-12-6-7-13-22)34-29(21)33-31-23(18-19-37(33)5)20-27(36(2,3)4)32-26-16-10-11-17-28(26)38(34)35(31)32/h8-11,14-20,22H,6-7,12-13H2,1-5H3/q+1. The second-order valence-corrected chi connectivity index (χ2v) is 12.8. The summed E-state index contributed by atoms with van der Waals surface area (Å²) < 4.78 is 5.08. The molecule has 1 saturated carbocycles. The Bertz CT molecular complexity index is 2080. The third-order valence-electron chi connectivity index (χ3n) is 9.56. The van der Waals surface area contributed by atoms with E-state index in [1.54, 1.807) is 5.56 Å². The Hall–Kier alpha value is -3.65. The number of fused-ring (bicyclic) bond motifs is 7. The van der Waals surface area contributed by atoms with E-state index in [0.717, 1.165) is 0 Å². The fourth-order valence-corrected chi connectivity index (χ4v) is 7.90. The first-order chi connectivity index (χ1) is 18.4. The van der Waals surface area contributed by atoms with Crippen molar-refractivity contribution in [1.29, 1.82) is 0 Å². The van der Waals surface area contributed by atoms with Crippen molar-refractivity contribution in [2.75, 3.05) is 0 Å². The maximum atomic E-state index is 2.69. The summed E-state index contributed by atoms with van der Waals surface area (Å²) in [7, 11) is 2.24. The highest BCUT2D eigenvalue weighted by molar-refractivity contribution is 6.29. The molecule has 0 bridgehead atoms. The first kappa shape index (κ1) is 22.3. The smallest absolute Gasteiger partial charge is 0.224 e. The molecule has 7 aromatic rings. The Morgan fingerprint density at radius 2 is 1.47 bits per heavy atom. The number of rotatable bonds is 1. The van der Waals surface area contributed by atoms with Crippen LogP contribution in [0.2, 0.25) is 0 Å². The first-order valence-electron chi connectivity index (χ1n) is 14.3. The summed E-state index contributed by atoms with van der Waals surface area (Å²) in [5.74, 6) is 0.599. The highest BCUT2D eigenvalue weighted by atomic mass is 15.0. The van der Waals surface area contributed by atoms with Crippen molar-refractivity contribution < 1.29 is 4.57 Å². The van der Waals surface area contributed by atoms with E-state index in [4.69, 9.17) is 0 Å². The summed E-state index contributed by atoms with van der Waals surface area (Å²) in [5, 5.41) is 9.85. The van der Waals surface area contributed by atoms with Gasteiger partial charge in [0.15, 0.2) is 6.20 Å². The van der Waals surface area contributed by atoms with Crippen molar-refractivity contribution >= 4 is 59.8 Å². The number of aromatic nitrogens is 2. The predicted octanol–water partition coefficient (Wildman–Crippen LogP) is 9.23. The van der Waals surface area contributed by atoms with Crippen LogP contribution in [-0.4, -0.2) is 4.40 Å². The molecule has 1 aliphatic carbocycles. The van der Waals surface area contributed by atoms with Gasteiger partial charge in [0.1, 0.15) is 7.05 Å². The topological polar surface area (TPSA) is 8.29 Å². The van der Waals surface area contributed by atoms with Gasteiger partial charge in [0.2, 0.25) is 5.52 Å². The molecule has 1 fully saturated rings. The summed E-state index contributed by atoms with van der Waals surface area (Å²) in [6.07, 6.45) is 7.51. The van der Waals surface area contributed by atoms with Gasteiger partial charge in [-0.2, -0.15) is 0 Å². The monoisotopic (exact) mass is 495 g/mol. The molecule has 3 heterocycles. The lowest BCUT2D eigenvalue weighted by Crippen LogP contribution is -2.29. The minimum atomic E-state index is 0.0369. The van der Waals surface area contributed by atoms with Crippen molar-refractivity contribution in [3.63, 3.8) is 0 Å². The van der Waals surface area contributed by atoms with Crippen molar-refractivity contribution in [2.24, 2.45) is 7.05 Å². The molecule has 38 heavy (non-hydrogen) atoms. The van der Waals surface area contributed by atoms with Crippen LogP contribution in [0.4, 0.5) is 0 Å². The summed E-state index contributed by atoms with van der Waals surface area (Å²) in [6.45, 7) is 9.45. The Kier molecular flexibility index (Phi) is 4.39. The summed E-state index contributed by atoms with van der Waals surface area (Å²) in [5.41, 5.74) is 10.0. The van der Waals surface area contributed by atoms with E-state index in [0.29, 0.717) is 5.92 Å². The number of benzene rings is 4. The minimum Gasteiger partial charge on any atom is -0.307 e. The summed E-state index contributed by atoms with van der Waals surface area (Å²) in [4.78, 5) is 0. The fraction of sp³-hybridized carbons (Fsp3) is 0.306. The maximum Gasteiger partial charge on any atom is 0.224 e. The molecule has 0 aliphatic heterocycles. The molecule has 3 aromatic heterocycles. The van der Waals surface area contributed by atoms with Gasteiger partial charge in [0.05, 0.1) is 27.3 Å². The highest BCUT2D eigenvalue weighted by Crippen LogP contribution is 2.49. The normalized spacial score (nSPS) is 15.5. The molecule has 0 N–H and O–H groups in total. The van der Waals surface area contributed by atoms with Crippen LogP contribution in [0, 0.1) is 6.92 Å². The Morgan fingerprint density at radius 1 is 0.789 bits per heavy atom. The number of pyridine rings is 2. The quantitative estimate of drug-likeness (QED) is 0.122. The molecule has 0 saturated heterocycles. The molecular weight excluding hydrogens is 460 g/mol. The number of hydrogen-bond donors (Lipinski definition) is 0. The third kappa shape index (κ3) is 2.71. The molecule has 0 atom stereocenters. The summed E-state index contributed by atoms with van der Waals surface area (Å²) in [6, 6.07) is 23.2. The van der Waals surface area contributed by atoms with Crippen molar-refractivity contribution in [2.45, 2.75) is 64.7 Å². The molecule has 0 unspecified atom stereocenters. The van der Waals surface area contributed by atoms with Crippen LogP contribution in [0.3, 0.4) is 0 Å². The highest BCUT2D eigenvalue weighted by Gasteiger charge is 2.32. The van der Waals surface area contributed by atoms with Crippen LogP contribution in [0.15, 0.2) is 66.9 Å². The average molecular weight is 496 g/mol. The minimum absolute atomic E-state index is 0.0369. The Morgan fingerprint density at radius 3 is 2.21 bits per heavy atom. The second kappa shape index (κ2) is 7.47. The molecule has 2 nitrogen and oxygen atoms in total. The van der Waals surface area contributed by atoms with E-state index in [1.165, 1.54) is 96.6 Å². The van der Waals surface area contributed by atoms with E-state index < -0.39 is 0 Å². The molecule has 0 radical (unpaired) electrons. The lowest BCUT2D eigenvalue weighted by molar-refractivity contribution is -0.643. The van der Waals surface area contributed by atoms with E-state index in [2.05, 4.69) is 111 Å². The first-order valence-corrected chi connectivity index (χ1v) is 14.3. The van der Waals surface area contributed by atoms with Gasteiger partial charge < -0.3 is 4.40 Å². The zero-order chi connectivity index (χ0) is 25.9. The van der Waals surface area contributed by atoms with Crippen LogP contribution in [0.1, 0.15) is 69.1 Å². The lowest BCUT2D eigenvalue weighted by atomic mass is 9.81. The molecule has 188 valence electrons. The molecule has 4 aromatic carbocycles. The van der Waals surface area contributed by atoms with Gasteiger partial charge in [-0.25, -0.2) is 4.57 Å². The van der Waals surface area contributed by atoms with Crippen LogP contribution in [0.25, 0.3) is 59.8 Å². The Balaban J connectivity index is 1.82. The molecule has 0 spiro atoms. The number of nitrogens with zero attached hydrogens (tertiary/aromatic N) is 2. The van der Waals surface area contributed by atoms with E-state index in [-0.39, 0.29) is 5.41 Å². The molecule has 1 aliphatic rings. The second-order valence-electron chi connectivity index (χ2n) is 12.8. The van der Waals surface area contributed by atoms with Crippen molar-refractivity contribution in [1.82, 2.24) is 4.40 Å². The third-order valence-corrected chi connectivity index (χ3v) is 9.56. The Labute approximate surface area is 223 Å². The fourth-order valence-electron chi connectivity index (χ4n) is 7.90. The number of hydrogen-bond acceptors (Lipinski definition) is 0. The SMILES string of the molecule is Cc1c2ccccc2c(C2CCCC2)c2c1c1c3c(cc[n+]1C)cc(C(C)(C)C)c1c4ccccc4n2c13. The number of aryl methyl sites for hydroxylation is 2. The molecule has 2 heteroatoms. The maximum absolute atomic E-state index is 2.69. The zero-order valence-electron chi connectivity index (χ0n) is 23.2. The van der Waals surface area contributed by atoms with Gasteiger partial charge in [0.25, 0.3) is 0 Å². The van der Waals surface area contributed by atoms with Gasteiger partial charge >= 0.3 is 0 Å². The van der Waals surface area contributed by atoms with Gasteiger partial charge in [-0.1, -0.05) is 76.1 Å². The van der Waals surface area contributed by atoms with Gasteiger partial charge in [-0.15, -0.1) is 0 Å². The van der Waals surface area contributed by atoms with Crippen molar-refractivity contribution in [3.8, 4) is 0 Å². The summed E-state index contributed by atoms with van der Waals surface area (Å²) >= 11 is 0. The van der Waals surface area contributed by atoms with Crippen LogP contribution in [0.5, 0.6) is 0 Å². The van der Waals surface area contributed by atoms with Crippen LogP contribution in [-0.2, 0) is 12.5 Å². The van der Waals surface area contributed by atoms with E-state index in [1.807, 2.05) is 0 Å². The average Bonchev–Trinajstić information content (AvgIpc) is 3.55. The van der Waals surface area contributed by atoms with Gasteiger partial charge in [0, 0.05) is 16.8 Å². The molecular formula is C36H35N2+. The van der Waals surface area contributed by atoms with E-state index in [9.17, 15) is 0 Å². The van der Waals surface area contributed by atoms with Gasteiger partial charge in [-0.05, 0) is 76.1 Å². The largest absolute Gasteiger partial charge is 0.307 e. The predicted molar refractivity (Wildman–Crippen MR) is 162 cm³/mol. The number of para-hydroxylation sites is 1. The lowest BCUT2D eigenvalue weighted by Gasteiger charge is -2.24.